The van der Waals surface area contributed by atoms with Gasteiger partial charge >= 0.3 is 0 Å². The number of benzene rings is 1. The molecule has 0 spiro atoms. The van der Waals surface area contributed by atoms with Gasteiger partial charge in [0, 0.05) is 12.0 Å². The van der Waals surface area contributed by atoms with E-state index in [1.807, 2.05) is 39.0 Å². The van der Waals surface area contributed by atoms with Crippen molar-refractivity contribution in [2.45, 2.75) is 64.6 Å². The van der Waals surface area contributed by atoms with E-state index in [1.54, 1.807) is 7.11 Å². The van der Waals surface area contributed by atoms with Crippen molar-refractivity contribution in [3.05, 3.63) is 23.8 Å². The van der Waals surface area contributed by atoms with E-state index in [-0.39, 0.29) is 30.0 Å². The zero-order chi connectivity index (χ0) is 17.7. The van der Waals surface area contributed by atoms with Gasteiger partial charge in [0.25, 0.3) is 0 Å². The van der Waals surface area contributed by atoms with Crippen molar-refractivity contribution in [3.8, 4) is 11.5 Å². The summed E-state index contributed by atoms with van der Waals surface area (Å²) in [6.07, 6.45) is 3.84. The molecule has 2 rings (SSSR count). The smallest absolute Gasteiger partial charge is 0.223 e. The highest BCUT2D eigenvalue weighted by atomic mass is 16.5. The molecule has 1 saturated carbocycles. The summed E-state index contributed by atoms with van der Waals surface area (Å²) in [5, 5.41) is 3.11. The number of nitrogens with one attached hydrogen (secondary N) is 1. The van der Waals surface area contributed by atoms with Crippen LogP contribution < -0.4 is 20.5 Å². The van der Waals surface area contributed by atoms with Crippen LogP contribution in [0.3, 0.4) is 0 Å². The second kappa shape index (κ2) is 8.38. The minimum atomic E-state index is -0.0855. The van der Waals surface area contributed by atoms with Crippen LogP contribution in [0.25, 0.3) is 0 Å². The minimum absolute atomic E-state index is 0.0293. The average molecular weight is 334 g/mol. The molecule has 0 aromatic heterocycles. The number of carbonyl (C=O) groups excluding carboxylic acids is 1. The van der Waals surface area contributed by atoms with Gasteiger partial charge in [-0.2, -0.15) is 0 Å². The Kier molecular flexibility index (Phi) is 6.49. The molecule has 1 amide bonds. The Labute approximate surface area is 144 Å². The normalized spacial score (nSPS) is 22.1. The van der Waals surface area contributed by atoms with Crippen LogP contribution >= 0.6 is 0 Å². The van der Waals surface area contributed by atoms with Crippen LogP contribution in [0, 0.1) is 5.92 Å². The summed E-state index contributed by atoms with van der Waals surface area (Å²) in [7, 11) is 1.62. The van der Waals surface area contributed by atoms with Gasteiger partial charge in [-0.1, -0.05) is 12.5 Å². The van der Waals surface area contributed by atoms with Crippen molar-refractivity contribution in [2.24, 2.45) is 11.7 Å². The lowest BCUT2D eigenvalue weighted by atomic mass is 9.85. The number of amides is 1. The van der Waals surface area contributed by atoms with E-state index in [2.05, 4.69) is 5.32 Å². The van der Waals surface area contributed by atoms with Crippen LogP contribution in [0.5, 0.6) is 11.5 Å². The molecule has 5 heteroatoms. The number of methoxy groups -OCH3 is 1. The van der Waals surface area contributed by atoms with E-state index < -0.39 is 0 Å². The molecule has 1 aliphatic rings. The van der Waals surface area contributed by atoms with Crippen molar-refractivity contribution in [1.29, 1.82) is 0 Å². The Bertz CT molecular complexity index is 560. The van der Waals surface area contributed by atoms with Crippen LogP contribution in [0.15, 0.2) is 18.2 Å². The van der Waals surface area contributed by atoms with Gasteiger partial charge in [-0.05, 0) is 57.7 Å². The van der Waals surface area contributed by atoms with Crippen LogP contribution in [0.4, 0.5) is 0 Å². The molecule has 3 atom stereocenters. The molecule has 1 aromatic rings. The lowest BCUT2D eigenvalue weighted by molar-refractivity contribution is -0.126. The third-order valence-corrected chi connectivity index (χ3v) is 4.49. The molecule has 3 N–H and O–H groups in total. The van der Waals surface area contributed by atoms with E-state index in [9.17, 15) is 4.79 Å². The molecular formula is C19H30N2O3. The molecule has 24 heavy (non-hydrogen) atoms. The van der Waals surface area contributed by atoms with Gasteiger partial charge < -0.3 is 20.5 Å². The zero-order valence-electron chi connectivity index (χ0n) is 15.2. The highest BCUT2D eigenvalue weighted by Gasteiger charge is 2.26. The first kappa shape index (κ1) is 18.6. The summed E-state index contributed by atoms with van der Waals surface area (Å²) in [4.78, 5) is 12.5. The first-order chi connectivity index (χ1) is 11.4. The number of carbonyl (C=O) groups is 1. The molecule has 0 radical (unpaired) electrons. The molecule has 0 saturated heterocycles. The third-order valence-electron chi connectivity index (χ3n) is 4.49. The summed E-state index contributed by atoms with van der Waals surface area (Å²) in [6, 6.07) is 5.86. The standard InChI is InChI=1S/C19H30N2O3/c1-12(2)24-17-9-8-14(11-18(17)23-4)13(3)21-19(22)15-6-5-7-16(20)10-15/h8-9,11-13,15-16H,5-7,10,20H2,1-4H3,(H,21,22). The molecule has 5 nitrogen and oxygen atoms in total. The summed E-state index contributed by atoms with van der Waals surface area (Å²) >= 11 is 0. The zero-order valence-corrected chi connectivity index (χ0v) is 15.2. The topological polar surface area (TPSA) is 73.6 Å². The Morgan fingerprint density at radius 2 is 2.00 bits per heavy atom. The number of hydrogen-bond donors (Lipinski definition) is 2. The van der Waals surface area contributed by atoms with Crippen LogP contribution in [-0.4, -0.2) is 25.2 Å². The van der Waals surface area contributed by atoms with Gasteiger partial charge in [0.05, 0.1) is 19.3 Å². The van der Waals surface area contributed by atoms with Gasteiger partial charge in [0.15, 0.2) is 11.5 Å². The molecule has 0 bridgehead atoms. The summed E-state index contributed by atoms with van der Waals surface area (Å²) in [5.41, 5.74) is 6.99. The van der Waals surface area contributed by atoms with Gasteiger partial charge in [0.1, 0.15) is 0 Å². The van der Waals surface area contributed by atoms with Gasteiger partial charge in [-0.3, -0.25) is 4.79 Å². The van der Waals surface area contributed by atoms with Crippen molar-refractivity contribution >= 4 is 5.91 Å². The van der Waals surface area contributed by atoms with Gasteiger partial charge in [-0.15, -0.1) is 0 Å². The predicted octanol–water partition coefficient (Wildman–Crippen LogP) is 3.18. The van der Waals surface area contributed by atoms with Crippen molar-refractivity contribution in [2.75, 3.05) is 7.11 Å². The number of hydrogen-bond acceptors (Lipinski definition) is 4. The highest BCUT2D eigenvalue weighted by molar-refractivity contribution is 5.79. The fourth-order valence-electron chi connectivity index (χ4n) is 3.19. The molecule has 134 valence electrons. The van der Waals surface area contributed by atoms with Gasteiger partial charge in [0.2, 0.25) is 5.91 Å². The summed E-state index contributed by atoms with van der Waals surface area (Å²) in [5.74, 6) is 1.52. The first-order valence-electron chi connectivity index (χ1n) is 8.81. The third kappa shape index (κ3) is 4.87. The molecule has 1 aromatic carbocycles. The lowest BCUT2D eigenvalue weighted by Gasteiger charge is -2.27. The Morgan fingerprint density at radius 1 is 1.25 bits per heavy atom. The Morgan fingerprint density at radius 3 is 2.62 bits per heavy atom. The molecule has 0 aliphatic heterocycles. The largest absolute Gasteiger partial charge is 0.493 e. The monoisotopic (exact) mass is 334 g/mol. The Balaban J connectivity index is 2.03. The van der Waals surface area contributed by atoms with E-state index in [0.29, 0.717) is 11.5 Å². The molecule has 1 fully saturated rings. The van der Waals surface area contributed by atoms with Crippen molar-refractivity contribution < 1.29 is 14.3 Å². The molecular weight excluding hydrogens is 304 g/mol. The summed E-state index contributed by atoms with van der Waals surface area (Å²) < 4.78 is 11.2. The number of ether oxygens (including phenoxy) is 2. The second-order valence-electron chi connectivity index (χ2n) is 6.93. The summed E-state index contributed by atoms with van der Waals surface area (Å²) in [6.45, 7) is 5.94. The van der Waals surface area contributed by atoms with Crippen molar-refractivity contribution in [1.82, 2.24) is 5.32 Å². The predicted molar refractivity (Wildman–Crippen MR) is 95.2 cm³/mol. The lowest BCUT2D eigenvalue weighted by Crippen LogP contribution is -2.38. The minimum Gasteiger partial charge on any atom is -0.493 e. The fraction of sp³-hybridized carbons (Fsp3) is 0.632. The molecule has 1 aliphatic carbocycles. The number of nitrogens with two attached hydrogens (primary N) is 1. The van der Waals surface area contributed by atoms with Crippen molar-refractivity contribution in [3.63, 3.8) is 0 Å². The molecule has 0 heterocycles. The van der Waals surface area contributed by atoms with E-state index >= 15 is 0 Å². The SMILES string of the molecule is COc1cc(C(C)NC(=O)C2CCCC(N)C2)ccc1OC(C)C. The molecule has 3 unspecified atom stereocenters. The van der Waals surface area contributed by atoms with Crippen LogP contribution in [0.1, 0.15) is 58.1 Å². The second-order valence-corrected chi connectivity index (χ2v) is 6.93. The highest BCUT2D eigenvalue weighted by Crippen LogP contribution is 2.31. The maximum absolute atomic E-state index is 12.5. The van der Waals surface area contributed by atoms with Gasteiger partial charge in [-0.25, -0.2) is 0 Å². The van der Waals surface area contributed by atoms with Crippen LogP contribution in [-0.2, 0) is 4.79 Å². The maximum Gasteiger partial charge on any atom is 0.223 e. The van der Waals surface area contributed by atoms with E-state index in [1.165, 1.54) is 0 Å². The number of rotatable bonds is 6. The fourth-order valence-corrected chi connectivity index (χ4v) is 3.19. The quantitative estimate of drug-likeness (QED) is 0.838. The van der Waals surface area contributed by atoms with E-state index in [4.69, 9.17) is 15.2 Å². The first-order valence-corrected chi connectivity index (χ1v) is 8.81. The van der Waals surface area contributed by atoms with E-state index in [0.717, 1.165) is 31.2 Å². The average Bonchev–Trinajstić information content (AvgIpc) is 2.54. The van der Waals surface area contributed by atoms with Crippen LogP contribution in [0.2, 0.25) is 0 Å². The maximum atomic E-state index is 12.5. The Hall–Kier alpha value is -1.75.